The SMILES string of the molecule is O=[N+]([O-])c1ccc(Br)c(Oc2cccc(Cl)c2CBr)c1. The number of nitro benzene ring substituents is 1. The number of non-ortho nitro benzene ring substituents is 1. The summed E-state index contributed by atoms with van der Waals surface area (Å²) in [7, 11) is 0. The Kier molecular flexibility index (Phi) is 5.01. The van der Waals surface area contributed by atoms with Gasteiger partial charge in [0, 0.05) is 22.0 Å². The summed E-state index contributed by atoms with van der Waals surface area (Å²) in [5, 5.41) is 11.9. The van der Waals surface area contributed by atoms with E-state index in [0.717, 1.165) is 5.56 Å². The zero-order valence-electron chi connectivity index (χ0n) is 9.98. The van der Waals surface area contributed by atoms with E-state index in [9.17, 15) is 10.1 Å². The predicted molar refractivity (Wildman–Crippen MR) is 85.0 cm³/mol. The Balaban J connectivity index is 2.42. The molecule has 2 rings (SSSR count). The van der Waals surface area contributed by atoms with Crippen LogP contribution in [-0.4, -0.2) is 4.92 Å². The number of hydrogen-bond donors (Lipinski definition) is 0. The van der Waals surface area contributed by atoms with E-state index in [1.807, 2.05) is 0 Å². The molecule has 0 bridgehead atoms. The lowest BCUT2D eigenvalue weighted by Crippen LogP contribution is -1.93. The van der Waals surface area contributed by atoms with Gasteiger partial charge >= 0.3 is 0 Å². The largest absolute Gasteiger partial charge is 0.456 e. The second kappa shape index (κ2) is 6.56. The molecule has 2 aromatic rings. The second-order valence-electron chi connectivity index (χ2n) is 3.82. The fraction of sp³-hybridized carbons (Fsp3) is 0.0769. The third-order valence-electron chi connectivity index (χ3n) is 2.56. The highest BCUT2D eigenvalue weighted by Gasteiger charge is 2.14. The molecule has 0 aromatic heterocycles. The summed E-state index contributed by atoms with van der Waals surface area (Å²) in [5.74, 6) is 0.916. The molecule has 0 spiro atoms. The normalized spacial score (nSPS) is 10.3. The Hall–Kier alpha value is -1.11. The van der Waals surface area contributed by atoms with Gasteiger partial charge in [-0.2, -0.15) is 0 Å². The van der Waals surface area contributed by atoms with Crippen molar-refractivity contribution in [3.8, 4) is 11.5 Å². The molecule has 0 saturated heterocycles. The molecule has 0 saturated carbocycles. The molecule has 2 aromatic carbocycles. The molecular weight excluding hydrogens is 413 g/mol. The molecule has 0 N–H and O–H groups in total. The minimum absolute atomic E-state index is 0.0365. The van der Waals surface area contributed by atoms with Crippen LogP contribution in [0, 0.1) is 10.1 Å². The summed E-state index contributed by atoms with van der Waals surface area (Å²) in [6.07, 6.45) is 0. The van der Waals surface area contributed by atoms with Crippen LogP contribution in [0.25, 0.3) is 0 Å². The van der Waals surface area contributed by atoms with Crippen LogP contribution in [0.4, 0.5) is 5.69 Å². The van der Waals surface area contributed by atoms with Gasteiger partial charge in [-0.15, -0.1) is 0 Å². The van der Waals surface area contributed by atoms with E-state index in [-0.39, 0.29) is 5.69 Å². The van der Waals surface area contributed by atoms with E-state index < -0.39 is 4.92 Å². The lowest BCUT2D eigenvalue weighted by atomic mass is 10.2. The van der Waals surface area contributed by atoms with Gasteiger partial charge in [0.2, 0.25) is 0 Å². The van der Waals surface area contributed by atoms with Gasteiger partial charge in [-0.1, -0.05) is 33.6 Å². The first kappa shape index (κ1) is 15.3. The number of halogens is 3. The quantitative estimate of drug-likeness (QED) is 0.362. The zero-order valence-corrected chi connectivity index (χ0v) is 13.9. The monoisotopic (exact) mass is 419 g/mol. The lowest BCUT2D eigenvalue weighted by molar-refractivity contribution is -0.384. The minimum atomic E-state index is -0.470. The van der Waals surface area contributed by atoms with Crippen LogP contribution in [0.2, 0.25) is 5.02 Å². The standard InChI is InChI=1S/C13H8Br2ClNO3/c14-7-9-11(16)2-1-3-12(9)20-13-6-8(17(18)19)4-5-10(13)15/h1-6H,7H2. The van der Waals surface area contributed by atoms with Crippen LogP contribution in [-0.2, 0) is 5.33 Å². The Morgan fingerprint density at radius 3 is 2.65 bits per heavy atom. The average molecular weight is 421 g/mol. The minimum Gasteiger partial charge on any atom is -0.456 e. The summed E-state index contributed by atoms with van der Waals surface area (Å²) in [4.78, 5) is 10.3. The van der Waals surface area contributed by atoms with Crippen LogP contribution in [0.1, 0.15) is 5.56 Å². The number of nitro groups is 1. The third kappa shape index (κ3) is 3.31. The van der Waals surface area contributed by atoms with Crippen LogP contribution in [0.5, 0.6) is 11.5 Å². The van der Waals surface area contributed by atoms with Crippen molar-refractivity contribution in [2.24, 2.45) is 0 Å². The number of benzene rings is 2. The second-order valence-corrected chi connectivity index (χ2v) is 5.65. The Bertz CT molecular complexity index is 664. The molecule has 20 heavy (non-hydrogen) atoms. The van der Waals surface area contributed by atoms with Gasteiger partial charge in [0.15, 0.2) is 0 Å². The summed E-state index contributed by atoms with van der Waals surface area (Å²) >= 11 is 12.7. The lowest BCUT2D eigenvalue weighted by Gasteiger charge is -2.12. The molecule has 0 heterocycles. The van der Waals surface area contributed by atoms with Crippen molar-refractivity contribution in [2.45, 2.75) is 5.33 Å². The molecule has 0 aliphatic rings. The van der Waals surface area contributed by atoms with E-state index >= 15 is 0 Å². The van der Waals surface area contributed by atoms with E-state index in [1.54, 1.807) is 24.3 Å². The predicted octanol–water partition coefficient (Wildman–Crippen LogP) is 5.70. The molecule has 0 aliphatic carbocycles. The molecule has 7 heteroatoms. The maximum Gasteiger partial charge on any atom is 0.273 e. The average Bonchev–Trinajstić information content (AvgIpc) is 2.41. The third-order valence-corrected chi connectivity index (χ3v) is 4.12. The first-order valence-electron chi connectivity index (χ1n) is 5.48. The highest BCUT2D eigenvalue weighted by Crippen LogP contribution is 2.36. The van der Waals surface area contributed by atoms with Crippen molar-refractivity contribution in [3.63, 3.8) is 0 Å². The number of nitrogens with zero attached hydrogens (tertiary/aromatic N) is 1. The molecule has 0 atom stereocenters. The van der Waals surface area contributed by atoms with Crippen molar-refractivity contribution in [1.82, 2.24) is 0 Å². The first-order chi connectivity index (χ1) is 9.52. The topological polar surface area (TPSA) is 52.4 Å². The highest BCUT2D eigenvalue weighted by molar-refractivity contribution is 9.10. The smallest absolute Gasteiger partial charge is 0.273 e. The number of alkyl halides is 1. The Morgan fingerprint density at radius 1 is 1.25 bits per heavy atom. The first-order valence-corrected chi connectivity index (χ1v) is 7.77. The molecule has 0 unspecified atom stereocenters. The van der Waals surface area contributed by atoms with Gasteiger partial charge in [0.1, 0.15) is 11.5 Å². The van der Waals surface area contributed by atoms with E-state index in [0.29, 0.717) is 26.3 Å². The fourth-order valence-electron chi connectivity index (χ4n) is 1.57. The van der Waals surface area contributed by atoms with Gasteiger partial charge in [-0.25, -0.2) is 0 Å². The van der Waals surface area contributed by atoms with Crippen molar-refractivity contribution in [2.75, 3.05) is 0 Å². The Morgan fingerprint density at radius 2 is 2.00 bits per heavy atom. The van der Waals surface area contributed by atoms with Crippen LogP contribution in [0.3, 0.4) is 0 Å². The van der Waals surface area contributed by atoms with Gasteiger partial charge < -0.3 is 4.74 Å². The van der Waals surface area contributed by atoms with Crippen LogP contribution < -0.4 is 4.74 Å². The Labute approximate surface area is 137 Å². The van der Waals surface area contributed by atoms with Crippen LogP contribution >= 0.6 is 43.5 Å². The van der Waals surface area contributed by atoms with Crippen molar-refractivity contribution < 1.29 is 9.66 Å². The van der Waals surface area contributed by atoms with Crippen molar-refractivity contribution >= 4 is 49.1 Å². The van der Waals surface area contributed by atoms with Crippen molar-refractivity contribution in [1.29, 1.82) is 0 Å². The molecule has 0 radical (unpaired) electrons. The number of ether oxygens (including phenoxy) is 1. The van der Waals surface area contributed by atoms with Gasteiger partial charge in [-0.3, -0.25) is 10.1 Å². The summed E-state index contributed by atoms with van der Waals surface area (Å²) in [6.45, 7) is 0. The number of hydrogen-bond acceptors (Lipinski definition) is 3. The fourth-order valence-corrected chi connectivity index (χ4v) is 2.87. The maximum atomic E-state index is 10.8. The van der Waals surface area contributed by atoms with Gasteiger partial charge in [0.25, 0.3) is 5.69 Å². The van der Waals surface area contributed by atoms with Crippen LogP contribution in [0.15, 0.2) is 40.9 Å². The summed E-state index contributed by atoms with van der Waals surface area (Å²) in [5.41, 5.74) is 0.748. The molecule has 0 aliphatic heterocycles. The molecule has 0 amide bonds. The highest BCUT2D eigenvalue weighted by atomic mass is 79.9. The van der Waals surface area contributed by atoms with Crippen molar-refractivity contribution in [3.05, 3.63) is 61.6 Å². The van der Waals surface area contributed by atoms with E-state index in [2.05, 4.69) is 31.9 Å². The molecule has 104 valence electrons. The van der Waals surface area contributed by atoms with Gasteiger partial charge in [0.05, 0.1) is 15.5 Å². The molecule has 0 fully saturated rings. The zero-order chi connectivity index (χ0) is 14.7. The summed E-state index contributed by atoms with van der Waals surface area (Å²) in [6, 6.07) is 9.62. The maximum absolute atomic E-state index is 10.8. The van der Waals surface area contributed by atoms with Gasteiger partial charge in [-0.05, 0) is 34.1 Å². The molecular formula is C13H8Br2ClNO3. The van der Waals surface area contributed by atoms with E-state index in [4.69, 9.17) is 16.3 Å². The number of rotatable bonds is 4. The molecule has 4 nitrogen and oxygen atoms in total. The summed E-state index contributed by atoms with van der Waals surface area (Å²) < 4.78 is 6.37. The van der Waals surface area contributed by atoms with E-state index in [1.165, 1.54) is 12.1 Å².